The number of nitrogens with one attached hydrogen (secondary N) is 1. The average Bonchev–Trinajstić information content (AvgIpc) is 2.26. The fourth-order valence-electron chi connectivity index (χ4n) is 1.30. The van der Waals surface area contributed by atoms with Gasteiger partial charge in [-0.25, -0.2) is 13.1 Å². The maximum absolute atomic E-state index is 11.8. The lowest BCUT2D eigenvalue weighted by Crippen LogP contribution is -2.50. The van der Waals surface area contributed by atoms with Crippen LogP contribution in [0.4, 0.5) is 0 Å². The maximum Gasteiger partial charge on any atom is 0.214 e. The molecule has 98 valence electrons. The summed E-state index contributed by atoms with van der Waals surface area (Å²) in [6.07, 6.45) is 1.53. The molecule has 6 heteroatoms. The first-order chi connectivity index (χ1) is 7.45. The zero-order chi connectivity index (χ0) is 12.7. The van der Waals surface area contributed by atoms with Crippen LogP contribution in [-0.4, -0.2) is 38.3 Å². The molecule has 0 amide bonds. The molecule has 0 saturated heterocycles. The lowest BCUT2D eigenvalue weighted by Gasteiger charge is -2.30. The Morgan fingerprint density at radius 1 is 1.25 bits per heavy atom. The van der Waals surface area contributed by atoms with Crippen molar-refractivity contribution in [2.45, 2.75) is 39.2 Å². The number of rotatable bonds is 9. The average molecular weight is 316 g/mol. The zero-order valence-corrected chi connectivity index (χ0v) is 12.7. The lowest BCUT2D eigenvalue weighted by molar-refractivity contribution is 0.163. The first kappa shape index (κ1) is 16.4. The summed E-state index contributed by atoms with van der Waals surface area (Å²) >= 11 is 3.37. The van der Waals surface area contributed by atoms with Crippen molar-refractivity contribution in [2.24, 2.45) is 0 Å². The van der Waals surface area contributed by atoms with E-state index >= 15 is 0 Å². The van der Waals surface area contributed by atoms with Gasteiger partial charge in [-0.05, 0) is 19.8 Å². The number of sulfonamides is 1. The molecule has 4 nitrogen and oxygen atoms in total. The molecule has 0 radical (unpaired) electrons. The molecule has 0 saturated carbocycles. The van der Waals surface area contributed by atoms with Crippen molar-refractivity contribution in [3.05, 3.63) is 0 Å². The van der Waals surface area contributed by atoms with Crippen LogP contribution in [0, 0.1) is 0 Å². The molecule has 16 heavy (non-hydrogen) atoms. The maximum atomic E-state index is 11.8. The third kappa shape index (κ3) is 5.61. The highest BCUT2D eigenvalue weighted by molar-refractivity contribution is 9.09. The summed E-state index contributed by atoms with van der Waals surface area (Å²) in [5.41, 5.74) is -0.370. The van der Waals surface area contributed by atoms with E-state index in [1.807, 2.05) is 20.8 Å². The molecule has 0 aliphatic heterocycles. The molecule has 0 fully saturated rings. The second kappa shape index (κ2) is 7.63. The Morgan fingerprint density at radius 3 is 2.19 bits per heavy atom. The Kier molecular flexibility index (Phi) is 7.80. The molecule has 0 rings (SSSR count). The van der Waals surface area contributed by atoms with Gasteiger partial charge in [0.15, 0.2) is 0 Å². The highest BCUT2D eigenvalue weighted by Gasteiger charge is 2.29. The summed E-state index contributed by atoms with van der Waals surface area (Å²) in [6, 6.07) is 0. The van der Waals surface area contributed by atoms with E-state index in [9.17, 15) is 8.42 Å². The normalized spacial score (nSPS) is 13.0. The molecule has 0 aliphatic rings. The second-order valence-corrected chi connectivity index (χ2v) is 6.14. The van der Waals surface area contributed by atoms with Crippen LogP contribution in [0.1, 0.15) is 33.6 Å². The Hall–Kier alpha value is 0.350. The van der Waals surface area contributed by atoms with Gasteiger partial charge in [-0.15, -0.1) is 0 Å². The van der Waals surface area contributed by atoms with E-state index < -0.39 is 10.0 Å². The van der Waals surface area contributed by atoms with Gasteiger partial charge in [0.05, 0.1) is 12.4 Å². The third-order valence-corrected chi connectivity index (χ3v) is 5.20. The van der Waals surface area contributed by atoms with Gasteiger partial charge >= 0.3 is 0 Å². The summed E-state index contributed by atoms with van der Waals surface area (Å²) < 4.78 is 31.4. The van der Waals surface area contributed by atoms with Crippen LogP contribution in [0.3, 0.4) is 0 Å². The second-order valence-electron chi connectivity index (χ2n) is 3.74. The number of halogens is 1. The van der Waals surface area contributed by atoms with E-state index in [0.717, 1.165) is 12.8 Å². The smallest absolute Gasteiger partial charge is 0.214 e. The van der Waals surface area contributed by atoms with Gasteiger partial charge in [0.2, 0.25) is 10.0 Å². The first-order valence-corrected chi connectivity index (χ1v) is 8.38. The van der Waals surface area contributed by atoms with Gasteiger partial charge in [-0.1, -0.05) is 29.8 Å². The van der Waals surface area contributed by atoms with Crippen LogP contribution in [0.2, 0.25) is 0 Å². The monoisotopic (exact) mass is 315 g/mol. The van der Waals surface area contributed by atoms with Crippen LogP contribution in [0.15, 0.2) is 0 Å². The van der Waals surface area contributed by atoms with E-state index in [-0.39, 0.29) is 17.9 Å². The van der Waals surface area contributed by atoms with Crippen LogP contribution in [0.25, 0.3) is 0 Å². The number of hydrogen-bond acceptors (Lipinski definition) is 3. The predicted molar refractivity (Wildman–Crippen MR) is 70.5 cm³/mol. The standard InChI is InChI=1S/C10H22BrNO3S/c1-4-10(5-2,9-11)12-16(13,14)8-7-15-6-3/h12H,4-9H2,1-3H3. The highest BCUT2D eigenvalue weighted by Crippen LogP contribution is 2.19. The van der Waals surface area contributed by atoms with Gasteiger partial charge in [-0.2, -0.15) is 0 Å². The molecule has 0 bridgehead atoms. The van der Waals surface area contributed by atoms with Gasteiger partial charge in [-0.3, -0.25) is 0 Å². The Bertz CT molecular complexity index is 268. The fourth-order valence-corrected chi connectivity index (χ4v) is 3.88. The van der Waals surface area contributed by atoms with E-state index in [1.54, 1.807) is 0 Å². The number of alkyl halides is 1. The van der Waals surface area contributed by atoms with Gasteiger partial charge in [0, 0.05) is 17.5 Å². The van der Waals surface area contributed by atoms with Crippen molar-refractivity contribution in [1.82, 2.24) is 4.72 Å². The fraction of sp³-hybridized carbons (Fsp3) is 1.00. The van der Waals surface area contributed by atoms with Gasteiger partial charge in [0.1, 0.15) is 0 Å². The molecular weight excluding hydrogens is 294 g/mol. The molecule has 1 N–H and O–H groups in total. The number of ether oxygens (including phenoxy) is 1. The van der Waals surface area contributed by atoms with E-state index in [0.29, 0.717) is 11.9 Å². The Morgan fingerprint density at radius 2 is 1.81 bits per heavy atom. The summed E-state index contributed by atoms with van der Waals surface area (Å²) in [6.45, 7) is 6.60. The van der Waals surface area contributed by atoms with Crippen molar-refractivity contribution in [3.63, 3.8) is 0 Å². The SMILES string of the molecule is CCOCCS(=O)(=O)NC(CC)(CC)CBr. The Labute approximate surface area is 107 Å². The largest absolute Gasteiger partial charge is 0.381 e. The molecule has 0 aliphatic carbocycles. The lowest BCUT2D eigenvalue weighted by atomic mass is 9.97. The van der Waals surface area contributed by atoms with Crippen molar-refractivity contribution >= 4 is 26.0 Å². The zero-order valence-electron chi connectivity index (χ0n) is 10.3. The summed E-state index contributed by atoms with van der Waals surface area (Å²) in [5.74, 6) is 0.0234. The van der Waals surface area contributed by atoms with Crippen LogP contribution >= 0.6 is 15.9 Å². The minimum atomic E-state index is -3.25. The molecule has 0 aromatic heterocycles. The van der Waals surface area contributed by atoms with Crippen molar-refractivity contribution < 1.29 is 13.2 Å². The first-order valence-electron chi connectivity index (χ1n) is 5.60. The van der Waals surface area contributed by atoms with Gasteiger partial charge < -0.3 is 4.74 Å². The van der Waals surface area contributed by atoms with Crippen molar-refractivity contribution in [3.8, 4) is 0 Å². The quantitative estimate of drug-likeness (QED) is 0.522. The minimum absolute atomic E-state index is 0.0234. The summed E-state index contributed by atoms with van der Waals surface area (Å²) in [4.78, 5) is 0. The van der Waals surface area contributed by atoms with E-state index in [4.69, 9.17) is 4.74 Å². The summed E-state index contributed by atoms with van der Waals surface area (Å²) in [5, 5.41) is 0.626. The molecule has 0 aromatic carbocycles. The van der Waals surface area contributed by atoms with Crippen LogP contribution in [0.5, 0.6) is 0 Å². The van der Waals surface area contributed by atoms with E-state index in [1.165, 1.54) is 0 Å². The molecular formula is C10H22BrNO3S. The topological polar surface area (TPSA) is 55.4 Å². The molecule has 0 heterocycles. The van der Waals surface area contributed by atoms with Crippen molar-refractivity contribution in [1.29, 1.82) is 0 Å². The van der Waals surface area contributed by atoms with Gasteiger partial charge in [0.25, 0.3) is 0 Å². The predicted octanol–water partition coefficient (Wildman–Crippen LogP) is 1.90. The third-order valence-electron chi connectivity index (χ3n) is 2.68. The van der Waals surface area contributed by atoms with Crippen LogP contribution in [-0.2, 0) is 14.8 Å². The van der Waals surface area contributed by atoms with E-state index in [2.05, 4.69) is 20.7 Å². The molecule has 0 aromatic rings. The molecule has 0 spiro atoms. The minimum Gasteiger partial charge on any atom is -0.381 e. The van der Waals surface area contributed by atoms with Crippen molar-refractivity contribution in [2.75, 3.05) is 24.3 Å². The highest BCUT2D eigenvalue weighted by atomic mass is 79.9. The Balaban J connectivity index is 4.42. The van der Waals surface area contributed by atoms with Crippen LogP contribution < -0.4 is 4.72 Å². The number of hydrogen-bond donors (Lipinski definition) is 1. The molecule has 0 atom stereocenters. The molecule has 0 unspecified atom stereocenters. The summed E-state index contributed by atoms with van der Waals surface area (Å²) in [7, 11) is -3.25.